The number of unbranched alkanes of at least 4 members (excludes halogenated alkanes) is 1. The van der Waals surface area contributed by atoms with E-state index in [2.05, 4.69) is 20.7 Å². The largest absolute Gasteiger partial charge is 0.338 e. The van der Waals surface area contributed by atoms with Gasteiger partial charge in [-0.05, 0) is 36.6 Å². The molecule has 0 fully saturated rings. The van der Waals surface area contributed by atoms with E-state index < -0.39 is 0 Å². The van der Waals surface area contributed by atoms with Crippen LogP contribution in [0, 0.1) is 0 Å². The fourth-order valence-corrected chi connectivity index (χ4v) is 1.60. The lowest BCUT2D eigenvalue weighted by atomic mass is 10.3. The minimum atomic E-state index is -0.317. The summed E-state index contributed by atoms with van der Waals surface area (Å²) in [5.41, 5.74) is 8.65. The molecule has 0 atom stereocenters. The minimum absolute atomic E-state index is 0.317. The number of carbonyl (C=O) groups excluding carboxylic acids is 1. The molecule has 0 spiro atoms. The average Bonchev–Trinajstić information content (AvgIpc) is 2.38. The normalized spacial score (nSPS) is 9.58. The maximum Gasteiger partial charge on any atom is 0.319 e. The van der Waals surface area contributed by atoms with Crippen LogP contribution in [0.1, 0.15) is 12.8 Å². The zero-order valence-electron chi connectivity index (χ0n) is 10.1. The van der Waals surface area contributed by atoms with E-state index in [4.69, 9.17) is 28.7 Å². The van der Waals surface area contributed by atoms with Gasteiger partial charge in [0.1, 0.15) is 0 Å². The van der Waals surface area contributed by atoms with E-state index in [1.807, 2.05) is 0 Å². The average molecular weight is 302 g/mol. The fraction of sp³-hybridized carbons (Fsp3) is 0.364. The summed E-state index contributed by atoms with van der Waals surface area (Å²) in [5, 5.41) is 9.54. The molecule has 0 aliphatic carbocycles. The molecule has 0 heterocycles. The second-order valence-electron chi connectivity index (χ2n) is 3.67. The van der Waals surface area contributed by atoms with Gasteiger partial charge >= 0.3 is 6.03 Å². The van der Waals surface area contributed by atoms with Crippen molar-refractivity contribution in [2.45, 2.75) is 12.8 Å². The SMILES string of the molecule is [N-]=[N+]=NCCCCNC(=O)Nc1ccc(Cl)c(Cl)c1. The van der Waals surface area contributed by atoms with Gasteiger partial charge in [-0.15, -0.1) is 0 Å². The molecule has 1 aromatic carbocycles. The highest BCUT2D eigenvalue weighted by molar-refractivity contribution is 6.42. The summed E-state index contributed by atoms with van der Waals surface area (Å²) in [6, 6.07) is 4.53. The summed E-state index contributed by atoms with van der Waals surface area (Å²) in [6.45, 7) is 0.945. The maximum absolute atomic E-state index is 11.5. The zero-order valence-corrected chi connectivity index (χ0v) is 11.6. The molecule has 6 nitrogen and oxygen atoms in total. The van der Waals surface area contributed by atoms with Gasteiger partial charge in [-0.2, -0.15) is 0 Å². The van der Waals surface area contributed by atoms with Crippen LogP contribution in [0.5, 0.6) is 0 Å². The molecule has 0 radical (unpaired) electrons. The van der Waals surface area contributed by atoms with E-state index >= 15 is 0 Å². The van der Waals surface area contributed by atoms with Gasteiger partial charge in [-0.1, -0.05) is 28.3 Å². The highest BCUT2D eigenvalue weighted by Crippen LogP contribution is 2.24. The number of benzene rings is 1. The molecule has 19 heavy (non-hydrogen) atoms. The first-order valence-corrected chi connectivity index (χ1v) is 6.40. The van der Waals surface area contributed by atoms with Gasteiger partial charge in [-0.3, -0.25) is 0 Å². The van der Waals surface area contributed by atoms with Crippen molar-refractivity contribution in [3.05, 3.63) is 38.7 Å². The summed E-state index contributed by atoms with van der Waals surface area (Å²) in [5.74, 6) is 0. The van der Waals surface area contributed by atoms with Crippen LogP contribution in [0.4, 0.5) is 10.5 Å². The van der Waals surface area contributed by atoms with Gasteiger partial charge in [0.15, 0.2) is 0 Å². The lowest BCUT2D eigenvalue weighted by Gasteiger charge is -2.08. The Labute approximate surface area is 120 Å². The number of nitrogens with one attached hydrogen (secondary N) is 2. The van der Waals surface area contributed by atoms with Crippen molar-refractivity contribution >= 4 is 34.9 Å². The number of urea groups is 1. The van der Waals surface area contributed by atoms with E-state index in [1.165, 1.54) is 0 Å². The predicted octanol–water partition coefficient (Wildman–Crippen LogP) is 4.21. The first kappa shape index (κ1) is 15.4. The number of rotatable bonds is 6. The van der Waals surface area contributed by atoms with Crippen molar-refractivity contribution in [3.8, 4) is 0 Å². The minimum Gasteiger partial charge on any atom is -0.338 e. The highest BCUT2D eigenvalue weighted by atomic mass is 35.5. The van der Waals surface area contributed by atoms with Crippen molar-refractivity contribution < 1.29 is 4.79 Å². The molecule has 0 unspecified atom stereocenters. The molecule has 0 bridgehead atoms. The third-order valence-electron chi connectivity index (χ3n) is 2.21. The highest BCUT2D eigenvalue weighted by Gasteiger charge is 2.03. The number of carbonyl (C=O) groups is 1. The van der Waals surface area contributed by atoms with Crippen LogP contribution < -0.4 is 10.6 Å². The Morgan fingerprint density at radius 3 is 2.79 bits per heavy atom. The summed E-state index contributed by atoms with van der Waals surface area (Å²) in [4.78, 5) is 14.2. The van der Waals surface area contributed by atoms with Crippen molar-refractivity contribution in [1.29, 1.82) is 0 Å². The second-order valence-corrected chi connectivity index (χ2v) is 4.49. The molecule has 102 valence electrons. The molecule has 1 rings (SSSR count). The topological polar surface area (TPSA) is 89.9 Å². The van der Waals surface area contributed by atoms with Crippen LogP contribution in [0.15, 0.2) is 23.3 Å². The third-order valence-corrected chi connectivity index (χ3v) is 2.95. The van der Waals surface area contributed by atoms with Crippen molar-refractivity contribution in [2.75, 3.05) is 18.4 Å². The summed E-state index contributed by atoms with van der Waals surface area (Å²) >= 11 is 11.6. The number of halogens is 2. The second kappa shape index (κ2) is 8.48. The van der Waals surface area contributed by atoms with Crippen molar-refractivity contribution in [3.63, 3.8) is 0 Å². The molecular formula is C11H13Cl2N5O. The summed E-state index contributed by atoms with van der Waals surface area (Å²) < 4.78 is 0. The molecular weight excluding hydrogens is 289 g/mol. The third kappa shape index (κ3) is 6.20. The van der Waals surface area contributed by atoms with Crippen molar-refractivity contribution in [2.24, 2.45) is 5.11 Å². The number of hydrogen-bond donors (Lipinski definition) is 2. The zero-order chi connectivity index (χ0) is 14.1. The molecule has 0 aliphatic rings. The van der Waals surface area contributed by atoms with E-state index in [1.54, 1.807) is 18.2 Å². The van der Waals surface area contributed by atoms with Gasteiger partial charge in [0, 0.05) is 23.7 Å². The van der Waals surface area contributed by atoms with E-state index in [0.717, 1.165) is 12.8 Å². The lowest BCUT2D eigenvalue weighted by molar-refractivity contribution is 0.252. The quantitative estimate of drug-likeness (QED) is 0.350. The summed E-state index contributed by atoms with van der Waals surface area (Å²) in [7, 11) is 0. The molecule has 2 N–H and O–H groups in total. The molecule has 0 saturated heterocycles. The molecule has 0 aromatic heterocycles. The molecule has 1 aromatic rings. The maximum atomic E-state index is 11.5. The number of hydrogen-bond acceptors (Lipinski definition) is 2. The lowest BCUT2D eigenvalue weighted by Crippen LogP contribution is -2.29. The standard InChI is InChI=1S/C11H13Cl2N5O/c12-9-4-3-8(7-10(9)13)17-11(19)15-5-1-2-6-16-18-14/h3-4,7H,1-2,5-6H2,(H2,15,17,19). The molecule has 0 saturated carbocycles. The Bertz CT molecular complexity index is 488. The number of azide groups is 1. The van der Waals surface area contributed by atoms with E-state index in [-0.39, 0.29) is 6.03 Å². The Hall–Kier alpha value is -1.62. The Kier molecular flexibility index (Phi) is 6.89. The predicted molar refractivity (Wildman–Crippen MR) is 76.7 cm³/mol. The van der Waals surface area contributed by atoms with Gasteiger partial charge in [0.2, 0.25) is 0 Å². The monoisotopic (exact) mass is 301 g/mol. The number of anilines is 1. The first-order valence-electron chi connectivity index (χ1n) is 5.64. The van der Waals surface area contributed by atoms with E-state index in [0.29, 0.717) is 28.8 Å². The van der Waals surface area contributed by atoms with E-state index in [9.17, 15) is 4.79 Å². The van der Waals surface area contributed by atoms with Gasteiger partial charge in [0.05, 0.1) is 10.0 Å². The molecule has 2 amide bonds. The van der Waals surface area contributed by atoms with Gasteiger partial charge in [-0.25, -0.2) is 4.79 Å². The Morgan fingerprint density at radius 1 is 1.32 bits per heavy atom. The molecule has 8 heteroatoms. The smallest absolute Gasteiger partial charge is 0.319 e. The Morgan fingerprint density at radius 2 is 2.11 bits per heavy atom. The fourth-order valence-electron chi connectivity index (χ4n) is 1.30. The number of amides is 2. The van der Waals surface area contributed by atoms with Crippen LogP contribution in [0.2, 0.25) is 10.0 Å². The van der Waals surface area contributed by atoms with Gasteiger partial charge in [0.25, 0.3) is 0 Å². The van der Waals surface area contributed by atoms with Crippen LogP contribution in [-0.4, -0.2) is 19.1 Å². The van der Waals surface area contributed by atoms with Crippen LogP contribution >= 0.6 is 23.2 Å². The van der Waals surface area contributed by atoms with Crippen LogP contribution in [-0.2, 0) is 0 Å². The van der Waals surface area contributed by atoms with Crippen LogP contribution in [0.25, 0.3) is 10.4 Å². The van der Waals surface area contributed by atoms with Gasteiger partial charge < -0.3 is 10.6 Å². The van der Waals surface area contributed by atoms with Crippen LogP contribution in [0.3, 0.4) is 0 Å². The Balaban J connectivity index is 2.27. The summed E-state index contributed by atoms with van der Waals surface area (Å²) in [6.07, 6.45) is 1.48. The first-order chi connectivity index (χ1) is 9.13. The van der Waals surface area contributed by atoms with Crippen molar-refractivity contribution in [1.82, 2.24) is 5.32 Å². The molecule has 0 aliphatic heterocycles. The number of nitrogens with zero attached hydrogens (tertiary/aromatic N) is 3.